The lowest BCUT2D eigenvalue weighted by Gasteiger charge is -2.05. The normalized spacial score (nSPS) is 17.7. The van der Waals surface area contributed by atoms with Gasteiger partial charge in [0.15, 0.2) is 0 Å². The van der Waals surface area contributed by atoms with Gasteiger partial charge in [-0.1, -0.05) is 0 Å². The van der Waals surface area contributed by atoms with Crippen LogP contribution in [0.5, 0.6) is 0 Å². The van der Waals surface area contributed by atoms with Crippen LogP contribution in [0.25, 0.3) is 0 Å². The number of hydrogen-bond acceptors (Lipinski definition) is 3. The maximum Gasteiger partial charge on any atom is 0.0641 e. The number of allylic oxidation sites excluding steroid dienone is 4. The van der Waals surface area contributed by atoms with Crippen LogP contribution in [0.15, 0.2) is 53.1 Å². The molecule has 0 radical (unpaired) electrons. The standard InChI is InChI=1S/C13H13N3/c1-9-8-12(6-7-13(9)15)16-11-4-2-10(14)3-5-11/h2-8,15H,14H2,1H3. The highest BCUT2D eigenvalue weighted by molar-refractivity contribution is 6.20. The van der Waals surface area contributed by atoms with Crippen molar-refractivity contribution in [2.45, 2.75) is 6.92 Å². The predicted octanol–water partition coefficient (Wildman–Crippen LogP) is 2.88. The Labute approximate surface area is 94.5 Å². The molecule has 3 heteroatoms. The minimum Gasteiger partial charge on any atom is -0.399 e. The first-order valence-electron chi connectivity index (χ1n) is 5.05. The topological polar surface area (TPSA) is 62.2 Å². The second-order valence-corrected chi connectivity index (χ2v) is 3.70. The Morgan fingerprint density at radius 2 is 1.81 bits per heavy atom. The molecule has 16 heavy (non-hydrogen) atoms. The highest BCUT2D eigenvalue weighted by Crippen LogP contribution is 2.16. The maximum absolute atomic E-state index is 7.57. The number of hydrogen-bond donors (Lipinski definition) is 2. The highest BCUT2D eigenvalue weighted by atomic mass is 14.7. The van der Waals surface area contributed by atoms with Gasteiger partial charge in [-0.05, 0) is 55.0 Å². The van der Waals surface area contributed by atoms with E-state index >= 15 is 0 Å². The summed E-state index contributed by atoms with van der Waals surface area (Å²) in [6.07, 6.45) is 5.50. The summed E-state index contributed by atoms with van der Waals surface area (Å²) in [7, 11) is 0. The van der Waals surface area contributed by atoms with E-state index in [0.717, 1.165) is 22.7 Å². The SMILES string of the molecule is CC1=CC(=Nc2ccc(N)cc2)C=CC1=N. The van der Waals surface area contributed by atoms with Crippen molar-refractivity contribution < 1.29 is 0 Å². The Balaban J connectivity index is 2.29. The molecule has 3 nitrogen and oxygen atoms in total. The van der Waals surface area contributed by atoms with Crippen LogP contribution in [-0.2, 0) is 0 Å². The van der Waals surface area contributed by atoms with Crippen LogP contribution >= 0.6 is 0 Å². The van der Waals surface area contributed by atoms with Crippen LogP contribution in [-0.4, -0.2) is 11.4 Å². The van der Waals surface area contributed by atoms with Crippen LogP contribution in [0.2, 0.25) is 0 Å². The van der Waals surface area contributed by atoms with Crippen LogP contribution in [0, 0.1) is 5.41 Å². The third-order valence-corrected chi connectivity index (χ3v) is 2.36. The summed E-state index contributed by atoms with van der Waals surface area (Å²) in [4.78, 5) is 4.45. The first-order chi connectivity index (χ1) is 7.65. The molecule has 0 saturated heterocycles. The smallest absolute Gasteiger partial charge is 0.0641 e. The van der Waals surface area contributed by atoms with Crippen molar-refractivity contribution in [1.29, 1.82) is 5.41 Å². The summed E-state index contributed by atoms with van der Waals surface area (Å²) in [5.41, 5.74) is 9.52. The molecule has 0 amide bonds. The van der Waals surface area contributed by atoms with Crippen molar-refractivity contribution in [2.75, 3.05) is 5.73 Å². The van der Waals surface area contributed by atoms with Gasteiger partial charge in [0.1, 0.15) is 0 Å². The van der Waals surface area contributed by atoms with Crippen molar-refractivity contribution in [1.82, 2.24) is 0 Å². The first kappa shape index (κ1) is 10.4. The minimum absolute atomic E-state index is 0.538. The zero-order valence-corrected chi connectivity index (χ0v) is 9.07. The van der Waals surface area contributed by atoms with Crippen molar-refractivity contribution in [3.63, 3.8) is 0 Å². The molecule has 0 spiro atoms. The van der Waals surface area contributed by atoms with Crippen molar-refractivity contribution in [2.24, 2.45) is 4.99 Å². The van der Waals surface area contributed by atoms with E-state index in [4.69, 9.17) is 11.1 Å². The maximum atomic E-state index is 7.57. The lowest BCUT2D eigenvalue weighted by Crippen LogP contribution is -2.03. The number of aliphatic imine (C=N–C) groups is 1. The summed E-state index contributed by atoms with van der Waals surface area (Å²) >= 11 is 0. The highest BCUT2D eigenvalue weighted by Gasteiger charge is 2.03. The fraction of sp³-hybridized carbons (Fsp3) is 0.0769. The number of nitrogens with two attached hydrogens (primary N) is 1. The third kappa shape index (κ3) is 2.25. The van der Waals surface area contributed by atoms with Gasteiger partial charge in [0.2, 0.25) is 0 Å². The van der Waals surface area contributed by atoms with Crippen LogP contribution in [0.1, 0.15) is 6.92 Å². The second kappa shape index (κ2) is 4.14. The molecular formula is C13H13N3. The summed E-state index contributed by atoms with van der Waals surface area (Å²) in [5, 5.41) is 7.57. The molecule has 0 atom stereocenters. The zero-order chi connectivity index (χ0) is 11.5. The molecule has 1 aromatic carbocycles. The molecule has 0 saturated carbocycles. The molecule has 0 unspecified atom stereocenters. The van der Waals surface area contributed by atoms with Gasteiger partial charge in [-0.3, -0.25) is 0 Å². The zero-order valence-electron chi connectivity index (χ0n) is 9.07. The molecule has 0 heterocycles. The van der Waals surface area contributed by atoms with Crippen molar-refractivity contribution in [3.05, 3.63) is 48.1 Å². The van der Waals surface area contributed by atoms with E-state index in [-0.39, 0.29) is 0 Å². The van der Waals surface area contributed by atoms with Gasteiger partial charge in [-0.25, -0.2) is 4.99 Å². The largest absolute Gasteiger partial charge is 0.399 e. The quantitative estimate of drug-likeness (QED) is 0.544. The average molecular weight is 211 g/mol. The fourth-order valence-corrected chi connectivity index (χ4v) is 1.42. The van der Waals surface area contributed by atoms with Gasteiger partial charge in [-0.15, -0.1) is 0 Å². The van der Waals surface area contributed by atoms with Crippen molar-refractivity contribution >= 4 is 22.8 Å². The number of nitrogens with one attached hydrogen (secondary N) is 1. The number of anilines is 1. The molecular weight excluding hydrogens is 198 g/mol. The Morgan fingerprint density at radius 3 is 2.44 bits per heavy atom. The molecule has 1 aliphatic carbocycles. The molecule has 0 aromatic heterocycles. The van der Waals surface area contributed by atoms with Crippen LogP contribution in [0.4, 0.5) is 11.4 Å². The van der Waals surface area contributed by atoms with E-state index < -0.39 is 0 Å². The van der Waals surface area contributed by atoms with Gasteiger partial charge in [0.05, 0.1) is 17.1 Å². The van der Waals surface area contributed by atoms with E-state index in [1.165, 1.54) is 0 Å². The van der Waals surface area contributed by atoms with Crippen LogP contribution < -0.4 is 5.73 Å². The third-order valence-electron chi connectivity index (χ3n) is 2.36. The summed E-state index contributed by atoms with van der Waals surface area (Å²) in [6.45, 7) is 1.91. The monoisotopic (exact) mass is 211 g/mol. The number of nitrogen functional groups attached to an aromatic ring is 1. The summed E-state index contributed by atoms with van der Waals surface area (Å²) in [6, 6.07) is 7.40. The molecule has 2 rings (SSSR count). The number of rotatable bonds is 1. The first-order valence-corrected chi connectivity index (χ1v) is 5.05. The van der Waals surface area contributed by atoms with E-state index in [9.17, 15) is 0 Å². The Hall–Kier alpha value is -2.16. The molecule has 1 aromatic rings. The lowest BCUT2D eigenvalue weighted by atomic mass is 10.0. The molecule has 0 aliphatic heterocycles. The van der Waals surface area contributed by atoms with Gasteiger partial charge in [-0.2, -0.15) is 0 Å². The molecule has 80 valence electrons. The summed E-state index contributed by atoms with van der Waals surface area (Å²) in [5.74, 6) is 0. The Kier molecular flexibility index (Phi) is 2.68. The van der Waals surface area contributed by atoms with E-state index in [0.29, 0.717) is 5.71 Å². The van der Waals surface area contributed by atoms with Gasteiger partial charge in [0.25, 0.3) is 0 Å². The molecule has 0 bridgehead atoms. The molecule has 3 N–H and O–H groups in total. The van der Waals surface area contributed by atoms with E-state index in [1.54, 1.807) is 6.08 Å². The summed E-state index contributed by atoms with van der Waals surface area (Å²) < 4.78 is 0. The van der Waals surface area contributed by atoms with Gasteiger partial charge >= 0.3 is 0 Å². The van der Waals surface area contributed by atoms with Crippen molar-refractivity contribution in [3.8, 4) is 0 Å². The predicted molar refractivity (Wildman–Crippen MR) is 68.6 cm³/mol. The molecule has 0 fully saturated rings. The lowest BCUT2D eigenvalue weighted by molar-refractivity contribution is 1.44. The second-order valence-electron chi connectivity index (χ2n) is 3.70. The average Bonchev–Trinajstić information content (AvgIpc) is 2.27. The minimum atomic E-state index is 0.538. The fourth-order valence-electron chi connectivity index (χ4n) is 1.42. The van der Waals surface area contributed by atoms with Crippen LogP contribution in [0.3, 0.4) is 0 Å². The molecule has 1 aliphatic rings. The van der Waals surface area contributed by atoms with E-state index in [1.807, 2.05) is 43.3 Å². The number of benzene rings is 1. The Bertz CT molecular complexity index is 504. The Morgan fingerprint density at radius 1 is 1.12 bits per heavy atom. The van der Waals surface area contributed by atoms with Gasteiger partial charge in [0, 0.05) is 5.69 Å². The van der Waals surface area contributed by atoms with E-state index in [2.05, 4.69) is 4.99 Å². The number of nitrogens with zero attached hydrogens (tertiary/aromatic N) is 1. The van der Waals surface area contributed by atoms with Gasteiger partial charge < -0.3 is 11.1 Å².